The molecule has 0 aliphatic carbocycles. The lowest BCUT2D eigenvalue weighted by atomic mass is 10.1. The van der Waals surface area contributed by atoms with Crippen LogP contribution in [0, 0.1) is 0 Å². The van der Waals surface area contributed by atoms with Crippen LogP contribution in [0.25, 0.3) is 0 Å². The molecule has 0 fully saturated rings. The Labute approximate surface area is 101 Å². The van der Waals surface area contributed by atoms with Crippen molar-refractivity contribution in [1.82, 2.24) is 0 Å². The molecule has 0 saturated carbocycles. The number of rotatable bonds is 4. The molecule has 1 heterocycles. The Kier molecular flexibility index (Phi) is 3.46. The highest BCUT2D eigenvalue weighted by Gasteiger charge is 2.23. The van der Waals surface area contributed by atoms with Crippen molar-refractivity contribution in [1.29, 1.82) is 0 Å². The van der Waals surface area contributed by atoms with Crippen LogP contribution in [0.5, 0.6) is 11.5 Å². The molecule has 86 valence electrons. The third-order valence-corrected chi connectivity index (χ3v) is 3.09. The minimum atomic E-state index is 0.128. The predicted molar refractivity (Wildman–Crippen MR) is 61.1 cm³/mol. The highest BCUT2D eigenvalue weighted by molar-refractivity contribution is 9.10. The van der Waals surface area contributed by atoms with E-state index in [9.17, 15) is 4.79 Å². The standard InChI is InChI=1S/C11H11BrO4/c12-9-4-7(2-1-3-13)10-11(8(9)5-14)16-6-15-10/h4-5,13H,1-3,6H2. The van der Waals surface area contributed by atoms with Gasteiger partial charge in [-0.25, -0.2) is 0 Å². The van der Waals surface area contributed by atoms with Crippen LogP contribution in [0.1, 0.15) is 22.3 Å². The third kappa shape index (κ3) is 1.92. The fourth-order valence-electron chi connectivity index (χ4n) is 1.69. The van der Waals surface area contributed by atoms with Gasteiger partial charge in [0.05, 0.1) is 5.56 Å². The highest BCUT2D eigenvalue weighted by atomic mass is 79.9. The summed E-state index contributed by atoms with van der Waals surface area (Å²) in [6.45, 7) is 0.265. The second kappa shape index (κ2) is 4.84. The quantitative estimate of drug-likeness (QED) is 0.859. The molecule has 1 N–H and O–H groups in total. The fraction of sp³-hybridized carbons (Fsp3) is 0.364. The van der Waals surface area contributed by atoms with Gasteiger partial charge in [-0.2, -0.15) is 0 Å². The molecule has 2 rings (SSSR count). The van der Waals surface area contributed by atoms with Crippen LogP contribution in [0.4, 0.5) is 0 Å². The topological polar surface area (TPSA) is 55.8 Å². The molecule has 1 aliphatic rings. The summed E-state index contributed by atoms with van der Waals surface area (Å²) in [5.74, 6) is 1.12. The van der Waals surface area contributed by atoms with Crippen molar-refractivity contribution in [3.8, 4) is 11.5 Å². The van der Waals surface area contributed by atoms with E-state index in [1.165, 1.54) is 0 Å². The molecule has 5 heteroatoms. The predicted octanol–water partition coefficient (Wildman–Crippen LogP) is 1.92. The number of benzene rings is 1. The summed E-state index contributed by atoms with van der Waals surface area (Å²) < 4.78 is 11.3. The molecule has 0 radical (unpaired) electrons. The van der Waals surface area contributed by atoms with E-state index in [2.05, 4.69) is 15.9 Å². The summed E-state index contributed by atoms with van der Waals surface area (Å²) in [6.07, 6.45) is 2.09. The number of aliphatic hydroxyl groups excluding tert-OH is 1. The lowest BCUT2D eigenvalue weighted by molar-refractivity contribution is 0.111. The van der Waals surface area contributed by atoms with Gasteiger partial charge in [0.15, 0.2) is 17.8 Å². The molecule has 4 nitrogen and oxygen atoms in total. The Morgan fingerprint density at radius 2 is 2.19 bits per heavy atom. The second-order valence-electron chi connectivity index (χ2n) is 3.44. The first kappa shape index (κ1) is 11.4. The molecular formula is C11H11BrO4. The van der Waals surface area contributed by atoms with E-state index in [1.54, 1.807) is 0 Å². The molecule has 0 saturated heterocycles. The number of fused-ring (bicyclic) bond motifs is 1. The number of ether oxygens (including phenoxy) is 2. The van der Waals surface area contributed by atoms with Crippen LogP contribution in [0.2, 0.25) is 0 Å². The van der Waals surface area contributed by atoms with Gasteiger partial charge in [-0.05, 0) is 40.4 Å². The summed E-state index contributed by atoms with van der Waals surface area (Å²) in [7, 11) is 0. The van der Waals surface area contributed by atoms with Gasteiger partial charge in [0.2, 0.25) is 6.79 Å². The van der Waals surface area contributed by atoms with E-state index >= 15 is 0 Å². The zero-order chi connectivity index (χ0) is 11.5. The maximum Gasteiger partial charge on any atom is 0.231 e. The Hall–Kier alpha value is -1.07. The molecule has 0 aromatic heterocycles. The molecule has 0 amide bonds. The van der Waals surface area contributed by atoms with Crippen molar-refractivity contribution >= 4 is 22.2 Å². The van der Waals surface area contributed by atoms with Crippen molar-refractivity contribution in [2.75, 3.05) is 13.4 Å². The van der Waals surface area contributed by atoms with Gasteiger partial charge in [-0.1, -0.05) is 0 Å². The lowest BCUT2D eigenvalue weighted by Gasteiger charge is -2.08. The summed E-state index contributed by atoms with van der Waals surface area (Å²) in [4.78, 5) is 10.9. The molecule has 1 aromatic carbocycles. The maximum atomic E-state index is 10.9. The largest absolute Gasteiger partial charge is 0.453 e. The Morgan fingerprint density at radius 1 is 1.44 bits per heavy atom. The Balaban J connectivity index is 2.44. The molecule has 0 unspecified atom stereocenters. The molecule has 1 aliphatic heterocycles. The van der Waals surface area contributed by atoms with Crippen LogP contribution in [0.3, 0.4) is 0 Å². The van der Waals surface area contributed by atoms with Gasteiger partial charge < -0.3 is 14.6 Å². The summed E-state index contributed by atoms with van der Waals surface area (Å²) >= 11 is 3.32. The molecule has 0 spiro atoms. The smallest absolute Gasteiger partial charge is 0.231 e. The van der Waals surface area contributed by atoms with Crippen molar-refractivity contribution < 1.29 is 19.4 Å². The minimum absolute atomic E-state index is 0.128. The SMILES string of the molecule is O=Cc1c(Br)cc(CCCO)c2c1OCO2. The Morgan fingerprint density at radius 3 is 2.88 bits per heavy atom. The molecule has 0 atom stereocenters. The molecule has 0 bridgehead atoms. The third-order valence-electron chi connectivity index (χ3n) is 2.43. The second-order valence-corrected chi connectivity index (χ2v) is 4.30. The van der Waals surface area contributed by atoms with Gasteiger partial charge >= 0.3 is 0 Å². The van der Waals surface area contributed by atoms with Crippen LogP contribution >= 0.6 is 15.9 Å². The average Bonchev–Trinajstić information content (AvgIpc) is 2.75. The van der Waals surface area contributed by atoms with E-state index in [0.717, 1.165) is 11.8 Å². The van der Waals surface area contributed by atoms with Crippen LogP contribution in [-0.2, 0) is 6.42 Å². The maximum absolute atomic E-state index is 10.9. The first-order chi connectivity index (χ1) is 7.77. The van der Waals surface area contributed by atoms with Crippen LogP contribution < -0.4 is 9.47 Å². The number of aliphatic hydroxyl groups is 1. The minimum Gasteiger partial charge on any atom is -0.453 e. The van der Waals surface area contributed by atoms with Gasteiger partial charge in [-0.15, -0.1) is 0 Å². The van der Waals surface area contributed by atoms with E-state index < -0.39 is 0 Å². The van der Waals surface area contributed by atoms with Crippen molar-refractivity contribution in [2.45, 2.75) is 12.8 Å². The normalized spacial score (nSPS) is 12.9. The van der Waals surface area contributed by atoms with E-state index in [-0.39, 0.29) is 13.4 Å². The zero-order valence-electron chi connectivity index (χ0n) is 8.53. The molecular weight excluding hydrogens is 276 g/mol. The van der Waals surface area contributed by atoms with Gasteiger partial charge in [0.25, 0.3) is 0 Å². The van der Waals surface area contributed by atoms with E-state index in [1.807, 2.05) is 6.07 Å². The molecule has 1 aromatic rings. The van der Waals surface area contributed by atoms with Crippen LogP contribution in [0.15, 0.2) is 10.5 Å². The number of hydrogen-bond donors (Lipinski definition) is 1. The van der Waals surface area contributed by atoms with E-state index in [0.29, 0.717) is 34.4 Å². The summed E-state index contributed by atoms with van der Waals surface area (Å²) in [5.41, 5.74) is 1.42. The number of hydrogen-bond acceptors (Lipinski definition) is 4. The van der Waals surface area contributed by atoms with Gasteiger partial charge in [0, 0.05) is 11.1 Å². The number of carbonyl (C=O) groups excluding carboxylic acids is 1. The van der Waals surface area contributed by atoms with Crippen molar-refractivity contribution in [3.63, 3.8) is 0 Å². The Bertz CT molecular complexity index is 417. The van der Waals surface area contributed by atoms with Gasteiger partial charge in [-0.3, -0.25) is 4.79 Å². The monoisotopic (exact) mass is 286 g/mol. The van der Waals surface area contributed by atoms with Crippen molar-refractivity contribution in [2.24, 2.45) is 0 Å². The van der Waals surface area contributed by atoms with E-state index in [4.69, 9.17) is 14.6 Å². The average molecular weight is 287 g/mol. The number of aryl methyl sites for hydroxylation is 1. The fourth-order valence-corrected chi connectivity index (χ4v) is 2.24. The number of carbonyl (C=O) groups is 1. The lowest BCUT2D eigenvalue weighted by Crippen LogP contribution is -1.95. The first-order valence-electron chi connectivity index (χ1n) is 4.95. The van der Waals surface area contributed by atoms with Crippen LogP contribution in [-0.4, -0.2) is 24.8 Å². The number of halogens is 1. The molecule has 16 heavy (non-hydrogen) atoms. The zero-order valence-corrected chi connectivity index (χ0v) is 10.1. The van der Waals surface area contributed by atoms with Crippen molar-refractivity contribution in [3.05, 3.63) is 21.7 Å². The number of aldehydes is 1. The highest BCUT2D eigenvalue weighted by Crippen LogP contribution is 2.42. The summed E-state index contributed by atoms with van der Waals surface area (Å²) in [6, 6.07) is 1.84. The summed E-state index contributed by atoms with van der Waals surface area (Å²) in [5, 5.41) is 8.81. The first-order valence-corrected chi connectivity index (χ1v) is 5.74. The van der Waals surface area contributed by atoms with Gasteiger partial charge in [0.1, 0.15) is 0 Å².